The number of ether oxygens (including phenoxy) is 1. The Kier molecular flexibility index (Phi) is 14.3. The van der Waals surface area contributed by atoms with Gasteiger partial charge in [-0.15, -0.1) is 0 Å². The van der Waals surface area contributed by atoms with Crippen molar-refractivity contribution >= 4 is 57.2 Å². The van der Waals surface area contributed by atoms with E-state index >= 15 is 0 Å². The van der Waals surface area contributed by atoms with Crippen LogP contribution in [0.3, 0.4) is 0 Å². The summed E-state index contributed by atoms with van der Waals surface area (Å²) < 4.78 is 12.0. The molecule has 0 spiro atoms. The fourth-order valence-electron chi connectivity index (χ4n) is 5.05. The fourth-order valence-corrected chi connectivity index (χ4v) is 23.6. The van der Waals surface area contributed by atoms with E-state index in [4.69, 9.17) is 4.74 Å². The van der Waals surface area contributed by atoms with Crippen LogP contribution in [0.15, 0.2) is 44.5 Å². The molecule has 35 heavy (non-hydrogen) atoms. The molecule has 0 fully saturated rings. The van der Waals surface area contributed by atoms with E-state index in [0.717, 1.165) is 17.3 Å². The van der Waals surface area contributed by atoms with Crippen molar-refractivity contribution in [1.82, 2.24) is 0 Å². The number of esters is 1. The van der Waals surface area contributed by atoms with E-state index < -0.39 is 18.4 Å². The monoisotopic (exact) mass is 668 g/mol. The Morgan fingerprint density at radius 3 is 1.91 bits per heavy atom. The van der Waals surface area contributed by atoms with Crippen LogP contribution in [0.5, 0.6) is 0 Å². The van der Waals surface area contributed by atoms with Crippen molar-refractivity contribution in [1.29, 1.82) is 0 Å². The molecule has 2 nitrogen and oxygen atoms in total. The quantitative estimate of drug-likeness (QED) is 0.101. The number of hydrogen-bond donors (Lipinski definition) is 0. The van der Waals surface area contributed by atoms with Crippen LogP contribution in [0.25, 0.3) is 5.57 Å². The number of unbranched alkanes of at least 4 members (excludes halogenated alkanes) is 3. The van der Waals surface area contributed by atoms with E-state index in [0.29, 0.717) is 6.61 Å². The first-order valence-corrected chi connectivity index (χ1v) is 22.7. The topological polar surface area (TPSA) is 26.3 Å². The van der Waals surface area contributed by atoms with Gasteiger partial charge < -0.3 is 0 Å². The zero-order valence-electron chi connectivity index (χ0n) is 22.6. The van der Waals surface area contributed by atoms with Gasteiger partial charge in [0.25, 0.3) is 0 Å². The zero-order chi connectivity index (χ0) is 25.7. The van der Waals surface area contributed by atoms with Crippen LogP contribution < -0.4 is 0 Å². The molecular formula is C30H45BrO2SSn. The fraction of sp³-hybridized carbons (Fsp3) is 0.567. The van der Waals surface area contributed by atoms with Crippen LogP contribution in [0, 0.1) is 6.92 Å². The molecule has 5 heteroatoms. The van der Waals surface area contributed by atoms with Crippen LogP contribution >= 0.6 is 27.3 Å². The predicted molar refractivity (Wildman–Crippen MR) is 160 cm³/mol. The summed E-state index contributed by atoms with van der Waals surface area (Å²) in [5.41, 5.74) is 2.63. The number of carbonyl (C=O) groups is 1. The number of halogens is 1. The van der Waals surface area contributed by atoms with E-state index in [1.165, 1.54) is 76.3 Å². The van der Waals surface area contributed by atoms with Crippen LogP contribution in [0.4, 0.5) is 0 Å². The Labute approximate surface area is 230 Å². The van der Waals surface area contributed by atoms with Crippen molar-refractivity contribution < 1.29 is 9.53 Å². The van der Waals surface area contributed by atoms with Crippen molar-refractivity contribution in [2.24, 2.45) is 0 Å². The Balaban J connectivity index is 2.72. The van der Waals surface area contributed by atoms with Crippen LogP contribution in [-0.2, 0) is 16.0 Å². The SMILES string of the molecule is CCC[CH2][Sn]([CH2]CCC)([CH2]CCC)/[C](C(=O)OCC)=C(/CCc1ccc(Br)cc1)c1ccc(C)s1. The van der Waals surface area contributed by atoms with Gasteiger partial charge in [0, 0.05) is 0 Å². The maximum absolute atomic E-state index is 13.9. The molecule has 0 aliphatic heterocycles. The first-order valence-electron chi connectivity index (χ1n) is 13.6. The van der Waals surface area contributed by atoms with E-state index in [-0.39, 0.29) is 5.97 Å². The molecule has 2 rings (SSSR count). The number of aryl methyl sites for hydroxylation is 2. The molecule has 0 aliphatic carbocycles. The van der Waals surface area contributed by atoms with Gasteiger partial charge in [-0.2, -0.15) is 0 Å². The van der Waals surface area contributed by atoms with Crippen LogP contribution in [0.1, 0.15) is 88.0 Å². The summed E-state index contributed by atoms with van der Waals surface area (Å²) in [6.45, 7) is 11.5. The molecule has 0 aliphatic rings. The third-order valence-electron chi connectivity index (χ3n) is 6.95. The average molecular weight is 668 g/mol. The van der Waals surface area contributed by atoms with E-state index in [1.807, 2.05) is 18.3 Å². The number of carbonyl (C=O) groups excluding carboxylic acids is 1. The van der Waals surface area contributed by atoms with Gasteiger partial charge in [0.2, 0.25) is 0 Å². The summed E-state index contributed by atoms with van der Waals surface area (Å²) in [7, 11) is 0. The molecule has 194 valence electrons. The minimum atomic E-state index is -3.06. The molecule has 0 amide bonds. The summed E-state index contributed by atoms with van der Waals surface area (Å²) >= 11 is 2.34. The standard InChI is InChI=1S/C18H18BrO2S.3C4H9.Sn/c1-3-21-18(20)12-15(17-11-4-13(2)22-17)8-5-14-6-9-16(19)10-7-14;3*1-3-4-2;/h4,6-7,9-11H,3,5,8H2,1-2H3;3*1,3-4H2,2H3;. The minimum absolute atomic E-state index is 0.00321. The number of allylic oxidation sites excluding steroid dienone is 1. The first-order chi connectivity index (χ1) is 16.9. The van der Waals surface area contributed by atoms with Crippen molar-refractivity contribution in [2.75, 3.05) is 6.61 Å². The normalized spacial score (nSPS) is 12.5. The molecule has 0 N–H and O–H groups in total. The van der Waals surface area contributed by atoms with Crippen molar-refractivity contribution in [3.05, 3.63) is 59.8 Å². The van der Waals surface area contributed by atoms with Crippen LogP contribution in [-0.4, -0.2) is 31.0 Å². The third-order valence-corrected chi connectivity index (χ3v) is 24.2. The maximum atomic E-state index is 13.9. The Bertz CT molecular complexity index is 910. The summed E-state index contributed by atoms with van der Waals surface area (Å²) in [5.74, 6) is 0.00321. The van der Waals surface area contributed by atoms with Crippen molar-refractivity contribution in [2.45, 2.75) is 99.3 Å². The van der Waals surface area contributed by atoms with Gasteiger partial charge in [-0.3, -0.25) is 0 Å². The van der Waals surface area contributed by atoms with E-state index in [1.54, 1.807) is 0 Å². The number of thiophene rings is 1. The summed E-state index contributed by atoms with van der Waals surface area (Å²) in [6, 6.07) is 13.1. The number of rotatable bonds is 16. The van der Waals surface area contributed by atoms with Crippen molar-refractivity contribution in [3.63, 3.8) is 0 Å². The summed E-state index contributed by atoms with van der Waals surface area (Å²) in [4.78, 5) is 16.5. The summed E-state index contributed by atoms with van der Waals surface area (Å²) in [5, 5.41) is 0. The van der Waals surface area contributed by atoms with Crippen LogP contribution in [0.2, 0.25) is 13.3 Å². The Hall–Kier alpha value is -0.591. The molecule has 1 heterocycles. The van der Waals surface area contributed by atoms with Gasteiger partial charge in [-0.25, -0.2) is 0 Å². The molecule has 0 bridgehead atoms. The van der Waals surface area contributed by atoms with E-state index in [2.05, 4.69) is 80.0 Å². The zero-order valence-corrected chi connectivity index (χ0v) is 27.8. The predicted octanol–water partition coefficient (Wildman–Crippen LogP) is 10.2. The number of hydrogen-bond acceptors (Lipinski definition) is 3. The van der Waals surface area contributed by atoms with Gasteiger partial charge in [0.1, 0.15) is 0 Å². The van der Waals surface area contributed by atoms with Gasteiger partial charge in [-0.1, -0.05) is 0 Å². The van der Waals surface area contributed by atoms with Gasteiger partial charge in [0.15, 0.2) is 0 Å². The molecular weight excluding hydrogens is 623 g/mol. The Morgan fingerprint density at radius 2 is 1.46 bits per heavy atom. The van der Waals surface area contributed by atoms with Gasteiger partial charge in [-0.05, 0) is 0 Å². The second kappa shape index (κ2) is 16.3. The molecule has 0 saturated carbocycles. The second-order valence-electron chi connectivity index (χ2n) is 9.70. The molecule has 0 saturated heterocycles. The molecule has 1 aromatic carbocycles. The molecule has 0 unspecified atom stereocenters. The molecule has 1 aromatic heterocycles. The second-order valence-corrected chi connectivity index (χ2v) is 24.9. The average Bonchev–Trinajstić information content (AvgIpc) is 3.29. The number of benzene rings is 1. The molecule has 2 aromatic rings. The van der Waals surface area contributed by atoms with E-state index in [9.17, 15) is 4.79 Å². The molecule has 0 atom stereocenters. The third kappa shape index (κ3) is 9.34. The summed E-state index contributed by atoms with van der Waals surface area (Å²) in [6.07, 6.45) is 9.12. The van der Waals surface area contributed by atoms with Gasteiger partial charge in [0.05, 0.1) is 0 Å². The van der Waals surface area contributed by atoms with Crippen molar-refractivity contribution in [3.8, 4) is 0 Å². The van der Waals surface area contributed by atoms with Gasteiger partial charge >= 0.3 is 232 Å². The molecule has 0 radical (unpaired) electrons. The first kappa shape index (κ1) is 30.6. The Morgan fingerprint density at radius 1 is 0.886 bits per heavy atom.